The van der Waals surface area contributed by atoms with Gasteiger partial charge in [-0.05, 0) is 30.3 Å². The smallest absolute Gasteiger partial charge is 0.263 e. The molecule has 4 N–H and O–H groups in total. The molecule has 0 bridgehead atoms. The molecule has 0 unspecified atom stereocenters. The quantitative estimate of drug-likeness (QED) is 0.201. The summed E-state index contributed by atoms with van der Waals surface area (Å²) in [5, 5.41) is 18.0. The van der Waals surface area contributed by atoms with Crippen LogP contribution in [0.2, 0.25) is 0 Å². The number of halogens is 2. The highest BCUT2D eigenvalue weighted by atomic mass is 19.1. The standard InChI is InChI=1S/C29H28F2N6O5/c1-16(38)37-11-8-19(9-12-37)40-25-23(30)28(41-20-5-3-4-18(14-20)27-34-10-13-36(27)2)35-29(24(25)31)42-22-15-17(26(32)33)6-7-21(22)39/h3-7,10,13-15,19,39H,8-9,11-12H2,1-2H3,(H3,32,33). The molecule has 1 amide bonds. The SMILES string of the molecule is CC(=O)N1CCC(Oc2c(F)c(Oc3cccc(-c4nccn4C)c3)nc(Oc3cc(C(=N)N)ccc3O)c2F)CC1. The maximum atomic E-state index is 15.8. The average molecular weight is 579 g/mol. The number of phenols is 1. The van der Waals surface area contributed by atoms with E-state index in [9.17, 15) is 9.90 Å². The molecule has 5 rings (SSSR count). The maximum absolute atomic E-state index is 15.8. The van der Waals surface area contributed by atoms with Gasteiger partial charge in [-0.1, -0.05) is 12.1 Å². The minimum Gasteiger partial charge on any atom is -0.504 e. The number of carbonyl (C=O) groups excluding carboxylic acids is 1. The topological polar surface area (TPSA) is 149 Å². The predicted molar refractivity (Wildman–Crippen MR) is 148 cm³/mol. The van der Waals surface area contributed by atoms with Gasteiger partial charge in [0.15, 0.2) is 11.5 Å². The zero-order valence-electron chi connectivity index (χ0n) is 22.8. The number of phenolic OH excluding ortho intramolecular Hbond substituents is 1. The minimum absolute atomic E-state index is 0.0959. The van der Waals surface area contributed by atoms with E-state index in [0.29, 0.717) is 37.3 Å². The number of likely N-dealkylation sites (tertiary alicyclic amines) is 1. The lowest BCUT2D eigenvalue weighted by atomic mass is 10.1. The van der Waals surface area contributed by atoms with E-state index in [4.69, 9.17) is 25.4 Å². The molecule has 1 saturated heterocycles. The number of hydrogen-bond donors (Lipinski definition) is 3. The molecule has 2 aromatic heterocycles. The van der Waals surface area contributed by atoms with Gasteiger partial charge in [0, 0.05) is 63.4 Å². The summed E-state index contributed by atoms with van der Waals surface area (Å²) in [7, 11) is 1.82. The summed E-state index contributed by atoms with van der Waals surface area (Å²) in [5.41, 5.74) is 6.41. The molecule has 0 spiro atoms. The van der Waals surface area contributed by atoms with Gasteiger partial charge >= 0.3 is 0 Å². The number of piperidine rings is 1. The number of benzene rings is 2. The molecule has 218 valence electrons. The number of aromatic hydroxyl groups is 1. The van der Waals surface area contributed by atoms with Crippen molar-refractivity contribution in [3.05, 3.63) is 72.1 Å². The first-order valence-corrected chi connectivity index (χ1v) is 13.0. The third kappa shape index (κ3) is 5.94. The van der Waals surface area contributed by atoms with E-state index in [1.54, 1.807) is 46.1 Å². The Bertz CT molecular complexity index is 1650. The Morgan fingerprint density at radius 2 is 1.81 bits per heavy atom. The van der Waals surface area contributed by atoms with Gasteiger partial charge in [0.25, 0.3) is 11.8 Å². The number of ether oxygens (including phenoxy) is 3. The summed E-state index contributed by atoms with van der Waals surface area (Å²) in [6.45, 7) is 2.19. The number of imidazole rings is 1. The van der Waals surface area contributed by atoms with Gasteiger partial charge in [-0.15, -0.1) is 0 Å². The Balaban J connectivity index is 1.52. The Kier molecular flexibility index (Phi) is 7.91. The molecule has 3 heterocycles. The van der Waals surface area contributed by atoms with Crippen LogP contribution in [0, 0.1) is 17.0 Å². The number of pyridine rings is 1. The molecule has 4 aromatic rings. The molecule has 11 nitrogen and oxygen atoms in total. The molecule has 13 heteroatoms. The van der Waals surface area contributed by atoms with E-state index < -0.39 is 41.0 Å². The van der Waals surface area contributed by atoms with Crippen molar-refractivity contribution in [1.29, 1.82) is 5.41 Å². The average Bonchev–Trinajstić information content (AvgIpc) is 3.40. The number of rotatable bonds is 8. The van der Waals surface area contributed by atoms with Crippen molar-refractivity contribution >= 4 is 11.7 Å². The first kappa shape index (κ1) is 28.3. The normalized spacial score (nSPS) is 13.6. The lowest BCUT2D eigenvalue weighted by molar-refractivity contribution is -0.130. The molecule has 1 aliphatic heterocycles. The third-order valence-electron chi connectivity index (χ3n) is 6.75. The first-order chi connectivity index (χ1) is 20.1. The van der Waals surface area contributed by atoms with Crippen LogP contribution in [0.3, 0.4) is 0 Å². The van der Waals surface area contributed by atoms with Gasteiger partial charge in [-0.25, -0.2) is 4.98 Å². The summed E-state index contributed by atoms with van der Waals surface area (Å²) in [5.74, 6) is -4.87. The van der Waals surface area contributed by atoms with Gasteiger partial charge in [-0.2, -0.15) is 13.8 Å². The van der Waals surface area contributed by atoms with Crippen LogP contribution in [0.15, 0.2) is 54.9 Å². The summed E-state index contributed by atoms with van der Waals surface area (Å²) >= 11 is 0. The number of nitrogens with two attached hydrogens (primary N) is 1. The van der Waals surface area contributed by atoms with E-state index in [1.165, 1.54) is 25.1 Å². The molecule has 1 aliphatic rings. The Morgan fingerprint density at radius 1 is 1.10 bits per heavy atom. The van der Waals surface area contributed by atoms with Crippen molar-refractivity contribution in [1.82, 2.24) is 19.4 Å². The number of carbonyl (C=O) groups is 1. The van der Waals surface area contributed by atoms with Gasteiger partial charge in [0.2, 0.25) is 23.3 Å². The van der Waals surface area contributed by atoms with Crippen molar-refractivity contribution < 1.29 is 32.9 Å². The van der Waals surface area contributed by atoms with Crippen LogP contribution in [0.1, 0.15) is 25.3 Å². The highest BCUT2D eigenvalue weighted by Gasteiger charge is 2.30. The zero-order valence-corrected chi connectivity index (χ0v) is 22.8. The van der Waals surface area contributed by atoms with E-state index in [2.05, 4.69) is 9.97 Å². The summed E-state index contributed by atoms with van der Waals surface area (Å²) in [6, 6.07) is 10.5. The Labute approximate surface area is 239 Å². The van der Waals surface area contributed by atoms with Gasteiger partial charge < -0.3 is 34.5 Å². The van der Waals surface area contributed by atoms with E-state index >= 15 is 8.78 Å². The highest BCUT2D eigenvalue weighted by Crippen LogP contribution is 2.40. The minimum atomic E-state index is -1.26. The van der Waals surface area contributed by atoms with Crippen LogP contribution in [-0.2, 0) is 11.8 Å². The van der Waals surface area contributed by atoms with Crippen molar-refractivity contribution in [2.45, 2.75) is 25.9 Å². The molecular formula is C29H28F2N6O5. The highest BCUT2D eigenvalue weighted by molar-refractivity contribution is 5.95. The Morgan fingerprint density at radius 3 is 2.45 bits per heavy atom. The van der Waals surface area contributed by atoms with Crippen molar-refractivity contribution in [3.8, 4) is 46.1 Å². The maximum Gasteiger partial charge on any atom is 0.263 e. The molecule has 0 aliphatic carbocycles. The summed E-state index contributed by atoms with van der Waals surface area (Å²) in [4.78, 5) is 21.6. The summed E-state index contributed by atoms with van der Waals surface area (Å²) < 4.78 is 50.5. The molecule has 0 radical (unpaired) electrons. The second kappa shape index (κ2) is 11.7. The fourth-order valence-electron chi connectivity index (χ4n) is 4.50. The van der Waals surface area contributed by atoms with Crippen molar-refractivity contribution in [3.63, 3.8) is 0 Å². The van der Waals surface area contributed by atoms with Gasteiger partial charge in [0.1, 0.15) is 23.5 Å². The van der Waals surface area contributed by atoms with Crippen molar-refractivity contribution in [2.75, 3.05) is 13.1 Å². The summed E-state index contributed by atoms with van der Waals surface area (Å²) in [6.07, 6.45) is 3.50. The fraction of sp³-hybridized carbons (Fsp3) is 0.241. The van der Waals surface area contributed by atoms with Crippen molar-refractivity contribution in [2.24, 2.45) is 12.8 Å². The number of nitrogens with one attached hydrogen (secondary N) is 1. The molecule has 0 saturated carbocycles. The lowest BCUT2D eigenvalue weighted by Crippen LogP contribution is -2.40. The van der Waals surface area contributed by atoms with Gasteiger partial charge in [0.05, 0.1) is 0 Å². The zero-order chi connectivity index (χ0) is 30.0. The van der Waals surface area contributed by atoms with Crippen LogP contribution in [-0.4, -0.2) is 55.5 Å². The number of amides is 1. The van der Waals surface area contributed by atoms with Crippen LogP contribution in [0.5, 0.6) is 34.8 Å². The van der Waals surface area contributed by atoms with Crippen LogP contribution >= 0.6 is 0 Å². The molecular weight excluding hydrogens is 550 g/mol. The first-order valence-electron chi connectivity index (χ1n) is 13.0. The third-order valence-corrected chi connectivity index (χ3v) is 6.75. The molecule has 0 atom stereocenters. The van der Waals surface area contributed by atoms with Crippen LogP contribution < -0.4 is 19.9 Å². The second-order valence-corrected chi connectivity index (χ2v) is 9.69. The molecule has 1 fully saturated rings. The monoisotopic (exact) mass is 578 g/mol. The second-order valence-electron chi connectivity index (χ2n) is 9.69. The fourth-order valence-corrected chi connectivity index (χ4v) is 4.50. The molecule has 42 heavy (non-hydrogen) atoms. The number of nitrogen functional groups attached to an aromatic ring is 1. The van der Waals surface area contributed by atoms with Crippen LogP contribution in [0.4, 0.5) is 8.78 Å². The number of amidine groups is 1. The Hall–Kier alpha value is -5.20. The lowest BCUT2D eigenvalue weighted by Gasteiger charge is -2.31. The van der Waals surface area contributed by atoms with E-state index in [0.717, 1.165) is 0 Å². The number of hydrogen-bond acceptors (Lipinski definition) is 8. The van der Waals surface area contributed by atoms with Gasteiger partial charge in [-0.3, -0.25) is 10.2 Å². The molecule has 2 aromatic carbocycles. The largest absolute Gasteiger partial charge is 0.504 e. The van der Waals surface area contributed by atoms with Crippen LogP contribution in [0.25, 0.3) is 11.4 Å². The van der Waals surface area contributed by atoms with E-state index in [1.807, 2.05) is 7.05 Å². The van der Waals surface area contributed by atoms with E-state index in [-0.39, 0.29) is 28.8 Å². The predicted octanol–water partition coefficient (Wildman–Crippen LogP) is 4.72. The number of aryl methyl sites for hydroxylation is 1. The number of nitrogens with zero attached hydrogens (tertiary/aromatic N) is 4. The number of aromatic nitrogens is 3.